The van der Waals surface area contributed by atoms with E-state index in [0.29, 0.717) is 25.7 Å². The first kappa shape index (κ1) is 105. The normalized spacial score (nSPS) is 14.7. The smallest absolute Gasteiger partial charge is 0.338 e. The molecule has 3 aromatic carbocycles. The Morgan fingerprint density at radius 3 is 0.744 bits per heavy atom. The Morgan fingerprint density at radius 1 is 0.296 bits per heavy atom. The summed E-state index contributed by atoms with van der Waals surface area (Å²) in [5, 5.41) is 45.6. The number of ether oxygens (including phenoxy) is 6. The zero-order chi connectivity index (χ0) is 89.7. The third kappa shape index (κ3) is 52.8. The Balaban J connectivity index is 1.59. The van der Waals surface area contributed by atoms with Crippen LogP contribution in [-0.4, -0.2) is 56.4 Å². The van der Waals surface area contributed by atoms with Gasteiger partial charge in [-0.2, -0.15) is 0 Å². The molecule has 4 rings (SSSR count). The lowest BCUT2D eigenvalue weighted by atomic mass is 9.93. The van der Waals surface area contributed by atoms with Crippen molar-refractivity contribution < 1.29 is 72.8 Å². The molecule has 0 unspecified atom stereocenters. The molecular weight excluding hydrogens is 1560 g/mol. The second-order valence-electron chi connectivity index (χ2n) is 29.0. The van der Waals surface area contributed by atoms with Crippen molar-refractivity contribution in [3.05, 3.63) is 345 Å². The van der Waals surface area contributed by atoms with Crippen LogP contribution >= 0.6 is 0 Å². The van der Waals surface area contributed by atoms with Gasteiger partial charge in [-0.25, -0.2) is 4.79 Å². The molecule has 0 saturated carbocycles. The Bertz CT molecular complexity index is 4180. The molecule has 15 heteroatoms. The van der Waals surface area contributed by atoms with Crippen LogP contribution in [-0.2, 0) is 30.3 Å². The number of aromatic hydroxyl groups is 4. The summed E-state index contributed by atoms with van der Waals surface area (Å²) in [6.07, 6.45) is 118. The van der Waals surface area contributed by atoms with E-state index in [1.165, 1.54) is 18.2 Å². The van der Waals surface area contributed by atoms with E-state index in [1.54, 1.807) is 0 Å². The lowest BCUT2D eigenvalue weighted by Gasteiger charge is -2.34. The minimum Gasteiger partial charge on any atom is -0.508 e. The molecule has 2 atom stereocenters. The van der Waals surface area contributed by atoms with Crippen molar-refractivity contribution in [3.8, 4) is 51.7 Å². The van der Waals surface area contributed by atoms with Crippen molar-refractivity contribution in [2.75, 3.05) is 0 Å². The quantitative estimate of drug-likeness (QED) is 0.0234. The molecule has 0 aromatic heterocycles. The van der Waals surface area contributed by atoms with E-state index in [0.717, 1.165) is 147 Å². The molecule has 668 valence electrons. The molecule has 0 fully saturated rings. The largest absolute Gasteiger partial charge is 0.508 e. The highest BCUT2D eigenvalue weighted by Gasteiger charge is 2.38. The number of rotatable bonds is 63. The van der Waals surface area contributed by atoms with Crippen LogP contribution < -0.4 is 23.7 Å². The summed E-state index contributed by atoms with van der Waals surface area (Å²) < 4.78 is 35.9. The number of hydrogen-bond acceptors (Lipinski definition) is 15. The maximum absolute atomic E-state index is 14.9. The molecule has 3 aromatic rings. The Labute approximate surface area is 746 Å². The molecule has 4 N–H and O–H groups in total. The van der Waals surface area contributed by atoms with E-state index in [2.05, 4.69) is 246 Å². The standard InChI is InChI=1S/C110H138O15/c1-5-9-13-17-21-25-29-33-37-41-45-49-53-57-61-65-69-73-77-81-103(113)120-98-85-92(86-99(107(98)117)121-104(114)82-78-74-70-66-62-58-54-50-46-42-38-34-30-26-22-18-14-10-6-2)109-102(91-95-96(112)89-94(111)90-97(95)124-109)125-110(119)93-87-100(122-105(115)83-79-75-71-67-63-59-55-51-47-43-39-35-31-27-23-19-15-11-7-3)108(118)101(88-93)123-106(116)84-80-76-72-68-64-60-56-52-48-44-40-36-32-28-24-20-16-12-8-4/h9-16,21-28,33-40,45-52,57-64,69-76,85-90,102,109,111-112,117-118H,5-8,17-20,29-32,41-44,53-56,65-68,77-84,91H2,1-4H3/b13-9-,14-10-,15-11-,16-12-,25-21-,26-22-,27-23-,28-24-,37-33-,38-34-,39-35-,40-36-,49-45-,50-46-,51-47-,52-48-,61-57-,62-58-,63-59-,64-60-,73-69+,74-70+,75-71+,76-72+/t102-,109-/m1/s1. The topological polar surface area (TPSA) is 222 Å². The molecule has 0 bridgehead atoms. The Hall–Kier alpha value is -12.2. The SMILES string of the molecule is CC/C=C\C/C=C\C/C=C\C/C=C\C/C=C\C/C=C/CCC(=O)Oc1cc(C(=O)O[C@@H]2Cc3c(O)cc(O)cc3O[C@@H]2c2cc(OC(=O)CC/C=C/C/C=C\C/C=C\C/C=C\C/C=C\C/C=C\CC)c(O)c(OC(=O)CC/C=C/C/C=C\C/C=C\C/C=C\C/C=C\C/C=C\CC)c2)cc(OC(=O)CC/C=C/C/C=C\C/C=C\C/C=C\C/C=C\C/C=C\CC)c1O. The summed E-state index contributed by atoms with van der Waals surface area (Å²) in [4.78, 5) is 69.7. The van der Waals surface area contributed by atoms with E-state index in [9.17, 15) is 44.4 Å². The van der Waals surface area contributed by atoms with Crippen LogP contribution in [0.1, 0.15) is 261 Å². The van der Waals surface area contributed by atoms with Crippen LogP contribution in [0.4, 0.5) is 0 Å². The van der Waals surface area contributed by atoms with Gasteiger partial charge in [0.25, 0.3) is 0 Å². The molecule has 0 radical (unpaired) electrons. The molecule has 0 amide bonds. The molecule has 15 nitrogen and oxygen atoms in total. The molecule has 0 spiro atoms. The summed E-state index contributed by atoms with van der Waals surface area (Å²) in [6, 6.07) is 7.02. The van der Waals surface area contributed by atoms with Crippen molar-refractivity contribution in [2.24, 2.45) is 0 Å². The highest BCUT2D eigenvalue weighted by molar-refractivity contribution is 5.92. The van der Waals surface area contributed by atoms with E-state index >= 15 is 0 Å². The molecule has 1 aliphatic rings. The van der Waals surface area contributed by atoms with Gasteiger partial charge in [0.05, 0.1) is 5.56 Å². The zero-order valence-electron chi connectivity index (χ0n) is 74.4. The predicted molar refractivity (Wildman–Crippen MR) is 515 cm³/mol. The van der Waals surface area contributed by atoms with Crippen LogP contribution in [0.25, 0.3) is 0 Å². The molecular formula is C110H138O15. The number of phenols is 4. The number of allylic oxidation sites excluding steroid dienone is 48. The van der Waals surface area contributed by atoms with Gasteiger partial charge in [0, 0.05) is 55.4 Å². The molecule has 0 aliphatic carbocycles. The summed E-state index contributed by atoms with van der Waals surface area (Å²) in [5.74, 6) is -8.29. The van der Waals surface area contributed by atoms with Crippen molar-refractivity contribution >= 4 is 29.8 Å². The number of fused-ring (bicyclic) bond motifs is 1. The first-order chi connectivity index (χ1) is 61.3. The minimum atomic E-state index is -1.43. The fourth-order valence-electron chi connectivity index (χ4n) is 11.9. The van der Waals surface area contributed by atoms with Gasteiger partial charge in [0.1, 0.15) is 23.4 Å². The first-order valence-electron chi connectivity index (χ1n) is 44.9. The molecule has 0 saturated heterocycles. The van der Waals surface area contributed by atoms with Crippen molar-refractivity contribution in [3.63, 3.8) is 0 Å². The summed E-state index contributed by atoms with van der Waals surface area (Å²) in [6.45, 7) is 8.49. The fraction of sp³-hybridized carbons (Fsp3) is 0.355. The number of carbonyl (C=O) groups excluding carboxylic acids is 5. The first-order valence-corrected chi connectivity index (χ1v) is 44.9. The number of phenolic OH excluding ortho intramolecular Hbond substituents is 4. The maximum Gasteiger partial charge on any atom is 0.338 e. The van der Waals surface area contributed by atoms with Crippen molar-refractivity contribution in [1.29, 1.82) is 0 Å². The van der Waals surface area contributed by atoms with E-state index in [4.69, 9.17) is 28.4 Å². The van der Waals surface area contributed by atoms with Gasteiger partial charge < -0.3 is 48.8 Å². The van der Waals surface area contributed by atoms with Gasteiger partial charge in [0.2, 0.25) is 11.5 Å². The lowest BCUT2D eigenvalue weighted by molar-refractivity contribution is -0.135. The van der Waals surface area contributed by atoms with Gasteiger partial charge in [-0.05, 0) is 204 Å². The highest BCUT2D eigenvalue weighted by atomic mass is 16.6. The van der Waals surface area contributed by atoms with Gasteiger partial charge >= 0.3 is 29.8 Å². The molecule has 125 heavy (non-hydrogen) atoms. The van der Waals surface area contributed by atoms with Crippen LogP contribution in [0.2, 0.25) is 0 Å². The van der Waals surface area contributed by atoms with Crippen LogP contribution in [0.15, 0.2) is 328 Å². The summed E-state index contributed by atoms with van der Waals surface area (Å²) >= 11 is 0. The van der Waals surface area contributed by atoms with Crippen LogP contribution in [0.3, 0.4) is 0 Å². The average Bonchev–Trinajstić information content (AvgIpc) is 0.766. The van der Waals surface area contributed by atoms with Crippen molar-refractivity contribution in [2.45, 2.75) is 252 Å². The molecule has 1 heterocycles. The number of esters is 5. The summed E-state index contributed by atoms with van der Waals surface area (Å²) in [7, 11) is 0. The van der Waals surface area contributed by atoms with E-state index < -0.39 is 82.3 Å². The maximum atomic E-state index is 14.9. The Morgan fingerprint density at radius 2 is 0.512 bits per heavy atom. The van der Waals surface area contributed by atoms with Crippen molar-refractivity contribution in [1.82, 2.24) is 0 Å². The molecule has 1 aliphatic heterocycles. The van der Waals surface area contributed by atoms with Gasteiger partial charge in [-0.3, -0.25) is 19.2 Å². The number of hydrogen-bond donors (Lipinski definition) is 4. The highest BCUT2D eigenvalue weighted by Crippen LogP contribution is 2.47. The van der Waals surface area contributed by atoms with Crippen LogP contribution in [0.5, 0.6) is 51.7 Å². The van der Waals surface area contributed by atoms with E-state index in [1.807, 2.05) is 72.9 Å². The lowest BCUT2D eigenvalue weighted by Crippen LogP contribution is -2.35. The number of carbonyl (C=O) groups is 5. The second-order valence-corrected chi connectivity index (χ2v) is 29.0. The van der Waals surface area contributed by atoms with Crippen LogP contribution in [0, 0.1) is 0 Å². The number of benzene rings is 3. The Kier molecular flexibility index (Phi) is 60.8. The third-order valence-corrected chi connectivity index (χ3v) is 18.4. The van der Waals surface area contributed by atoms with Gasteiger partial charge in [-0.1, -0.05) is 319 Å². The second kappa shape index (κ2) is 72.3. The minimum absolute atomic E-state index is 0.0289. The third-order valence-electron chi connectivity index (χ3n) is 18.4. The van der Waals surface area contributed by atoms with E-state index in [-0.39, 0.29) is 86.0 Å². The average molecular weight is 1700 g/mol. The summed E-state index contributed by atoms with van der Waals surface area (Å²) in [5.41, 5.74) is -0.190. The zero-order valence-corrected chi connectivity index (χ0v) is 74.4. The van der Waals surface area contributed by atoms with Gasteiger partial charge in [0.15, 0.2) is 29.1 Å². The predicted octanol–water partition coefficient (Wildman–Crippen LogP) is 28.9. The fourth-order valence-corrected chi connectivity index (χ4v) is 11.9. The monoisotopic (exact) mass is 1700 g/mol. The van der Waals surface area contributed by atoms with Gasteiger partial charge in [-0.15, -0.1) is 0 Å².